The fraction of sp³-hybridized carbons (Fsp3) is 0.0769. The van der Waals surface area contributed by atoms with Crippen molar-refractivity contribution in [3.63, 3.8) is 0 Å². The summed E-state index contributed by atoms with van der Waals surface area (Å²) in [6.45, 7) is 1.62. The van der Waals surface area contributed by atoms with Crippen molar-refractivity contribution in [2.45, 2.75) is 6.92 Å². The molecule has 0 amide bonds. The van der Waals surface area contributed by atoms with Crippen LogP contribution in [0.15, 0.2) is 36.4 Å². The normalized spacial score (nSPS) is 10.4. The topological polar surface area (TPSA) is 20.2 Å². The Labute approximate surface area is 92.0 Å². The van der Waals surface area contributed by atoms with Crippen molar-refractivity contribution in [2.24, 2.45) is 0 Å². The van der Waals surface area contributed by atoms with E-state index >= 15 is 0 Å². The van der Waals surface area contributed by atoms with Crippen LogP contribution in [0.4, 0.5) is 8.78 Å². The SMILES string of the molecule is Cc1cc(F)c(-c2cccc(O)c2)c(F)c1. The van der Waals surface area contributed by atoms with Gasteiger partial charge in [-0.1, -0.05) is 12.1 Å². The molecule has 2 aromatic carbocycles. The van der Waals surface area contributed by atoms with Crippen molar-refractivity contribution in [1.29, 1.82) is 0 Å². The van der Waals surface area contributed by atoms with Crippen LogP contribution < -0.4 is 0 Å². The van der Waals surface area contributed by atoms with E-state index in [0.717, 1.165) is 0 Å². The van der Waals surface area contributed by atoms with Crippen LogP contribution in [-0.2, 0) is 0 Å². The molecule has 3 heteroatoms. The van der Waals surface area contributed by atoms with E-state index in [0.29, 0.717) is 11.1 Å². The van der Waals surface area contributed by atoms with Crippen molar-refractivity contribution in [3.05, 3.63) is 53.6 Å². The van der Waals surface area contributed by atoms with Crippen LogP contribution in [0.25, 0.3) is 11.1 Å². The van der Waals surface area contributed by atoms with Crippen molar-refractivity contribution >= 4 is 0 Å². The van der Waals surface area contributed by atoms with Crippen molar-refractivity contribution in [1.82, 2.24) is 0 Å². The molecule has 1 nitrogen and oxygen atoms in total. The second kappa shape index (κ2) is 3.93. The first-order chi connectivity index (χ1) is 7.58. The zero-order valence-corrected chi connectivity index (χ0v) is 8.67. The third-order valence-electron chi connectivity index (χ3n) is 2.32. The lowest BCUT2D eigenvalue weighted by Crippen LogP contribution is -1.91. The average Bonchev–Trinajstić information content (AvgIpc) is 2.15. The standard InChI is InChI=1S/C13H10F2O/c1-8-5-11(14)13(12(15)6-8)9-3-2-4-10(16)7-9/h2-7,16H,1H3. The van der Waals surface area contributed by atoms with E-state index < -0.39 is 11.6 Å². The smallest absolute Gasteiger partial charge is 0.134 e. The third kappa shape index (κ3) is 1.89. The van der Waals surface area contributed by atoms with Gasteiger partial charge in [-0.2, -0.15) is 0 Å². The molecule has 2 rings (SSSR count). The predicted octanol–water partition coefficient (Wildman–Crippen LogP) is 3.65. The van der Waals surface area contributed by atoms with Gasteiger partial charge in [-0.3, -0.25) is 0 Å². The lowest BCUT2D eigenvalue weighted by atomic mass is 10.0. The summed E-state index contributed by atoms with van der Waals surface area (Å²) < 4.78 is 27.2. The molecule has 0 saturated heterocycles. The number of aromatic hydroxyl groups is 1. The van der Waals surface area contributed by atoms with E-state index in [1.54, 1.807) is 19.1 Å². The van der Waals surface area contributed by atoms with Gasteiger partial charge in [0, 0.05) is 0 Å². The van der Waals surface area contributed by atoms with Gasteiger partial charge in [0.2, 0.25) is 0 Å². The van der Waals surface area contributed by atoms with Crippen LogP contribution >= 0.6 is 0 Å². The zero-order chi connectivity index (χ0) is 11.7. The lowest BCUT2D eigenvalue weighted by molar-refractivity contribution is 0.475. The number of hydrogen-bond acceptors (Lipinski definition) is 1. The Hall–Kier alpha value is -1.90. The Morgan fingerprint density at radius 1 is 1.00 bits per heavy atom. The Morgan fingerprint density at radius 3 is 2.19 bits per heavy atom. The number of hydrogen-bond donors (Lipinski definition) is 1. The maximum Gasteiger partial charge on any atom is 0.134 e. The van der Waals surface area contributed by atoms with E-state index in [4.69, 9.17) is 0 Å². The van der Waals surface area contributed by atoms with Crippen LogP contribution in [0.3, 0.4) is 0 Å². The molecule has 0 atom stereocenters. The molecule has 0 unspecified atom stereocenters. The first-order valence-electron chi connectivity index (χ1n) is 4.83. The summed E-state index contributed by atoms with van der Waals surface area (Å²) in [7, 11) is 0. The molecule has 16 heavy (non-hydrogen) atoms. The maximum absolute atomic E-state index is 13.6. The van der Waals surface area contributed by atoms with E-state index in [9.17, 15) is 13.9 Å². The number of aryl methyl sites for hydroxylation is 1. The summed E-state index contributed by atoms with van der Waals surface area (Å²) in [5.41, 5.74) is 0.746. The summed E-state index contributed by atoms with van der Waals surface area (Å²) in [6, 6.07) is 8.41. The van der Waals surface area contributed by atoms with Gasteiger partial charge in [-0.05, 0) is 42.3 Å². The highest BCUT2D eigenvalue weighted by atomic mass is 19.1. The fourth-order valence-electron chi connectivity index (χ4n) is 1.64. The molecule has 0 aliphatic heterocycles. The minimum atomic E-state index is -0.622. The van der Waals surface area contributed by atoms with Crippen molar-refractivity contribution in [2.75, 3.05) is 0 Å². The predicted molar refractivity (Wildman–Crippen MR) is 58.2 cm³/mol. The molecule has 0 bridgehead atoms. The first kappa shape index (κ1) is 10.6. The van der Waals surface area contributed by atoms with Crippen LogP contribution in [0.5, 0.6) is 5.75 Å². The molecule has 0 saturated carbocycles. The number of phenolic OH excluding ortho intramolecular Hbond substituents is 1. The van der Waals surface area contributed by atoms with E-state index in [2.05, 4.69) is 0 Å². The molecular formula is C13H10F2O. The van der Waals surface area contributed by atoms with E-state index in [1.165, 1.54) is 24.3 Å². The minimum absolute atomic E-state index is 0.0168. The van der Waals surface area contributed by atoms with Gasteiger partial charge < -0.3 is 5.11 Å². The second-order valence-corrected chi connectivity index (χ2v) is 3.65. The summed E-state index contributed by atoms with van der Waals surface area (Å²) in [4.78, 5) is 0. The molecular weight excluding hydrogens is 210 g/mol. The van der Waals surface area contributed by atoms with Gasteiger partial charge >= 0.3 is 0 Å². The monoisotopic (exact) mass is 220 g/mol. The maximum atomic E-state index is 13.6. The molecule has 0 heterocycles. The van der Waals surface area contributed by atoms with Gasteiger partial charge in [-0.15, -0.1) is 0 Å². The molecule has 0 fully saturated rings. The highest BCUT2D eigenvalue weighted by molar-refractivity contribution is 5.66. The molecule has 2 aromatic rings. The lowest BCUT2D eigenvalue weighted by Gasteiger charge is -2.06. The first-order valence-corrected chi connectivity index (χ1v) is 4.83. The van der Waals surface area contributed by atoms with Crippen LogP contribution in [0.1, 0.15) is 5.56 Å². The summed E-state index contributed by atoms with van der Waals surface area (Å²) in [6.07, 6.45) is 0. The molecule has 0 aliphatic carbocycles. The second-order valence-electron chi connectivity index (χ2n) is 3.65. The highest BCUT2D eigenvalue weighted by Gasteiger charge is 2.12. The largest absolute Gasteiger partial charge is 0.508 e. The third-order valence-corrected chi connectivity index (χ3v) is 2.32. The number of rotatable bonds is 1. The van der Waals surface area contributed by atoms with Crippen LogP contribution in [0.2, 0.25) is 0 Å². The zero-order valence-electron chi connectivity index (χ0n) is 8.67. The summed E-state index contributed by atoms with van der Waals surface area (Å²) in [5.74, 6) is -1.26. The van der Waals surface area contributed by atoms with Gasteiger partial charge in [0.05, 0.1) is 5.56 Å². The molecule has 82 valence electrons. The quantitative estimate of drug-likeness (QED) is 0.777. The highest BCUT2D eigenvalue weighted by Crippen LogP contribution is 2.29. The van der Waals surface area contributed by atoms with Gasteiger partial charge in [0.25, 0.3) is 0 Å². The van der Waals surface area contributed by atoms with Crippen molar-refractivity contribution < 1.29 is 13.9 Å². The molecule has 0 radical (unpaired) electrons. The Morgan fingerprint density at radius 2 is 1.62 bits per heavy atom. The molecule has 1 N–H and O–H groups in total. The summed E-state index contributed by atoms with van der Waals surface area (Å²) in [5, 5.41) is 9.27. The molecule has 0 spiro atoms. The Kier molecular flexibility index (Phi) is 2.60. The number of benzene rings is 2. The molecule has 0 aliphatic rings. The van der Waals surface area contributed by atoms with Gasteiger partial charge in [-0.25, -0.2) is 8.78 Å². The van der Waals surface area contributed by atoms with Crippen LogP contribution in [0, 0.1) is 18.6 Å². The Bertz CT molecular complexity index is 512. The van der Waals surface area contributed by atoms with Gasteiger partial charge in [0.1, 0.15) is 17.4 Å². The van der Waals surface area contributed by atoms with Crippen molar-refractivity contribution in [3.8, 4) is 16.9 Å². The Balaban J connectivity index is 2.64. The number of halogens is 2. The van der Waals surface area contributed by atoms with E-state index in [1.807, 2.05) is 0 Å². The average molecular weight is 220 g/mol. The summed E-state index contributed by atoms with van der Waals surface area (Å²) >= 11 is 0. The fourth-order valence-corrected chi connectivity index (χ4v) is 1.64. The van der Waals surface area contributed by atoms with Crippen LogP contribution in [-0.4, -0.2) is 5.11 Å². The van der Waals surface area contributed by atoms with E-state index in [-0.39, 0.29) is 11.3 Å². The van der Waals surface area contributed by atoms with Gasteiger partial charge in [0.15, 0.2) is 0 Å². The number of phenols is 1. The minimum Gasteiger partial charge on any atom is -0.508 e. The molecule has 0 aromatic heterocycles.